The molecule has 10 heteroatoms. The number of nitrogens with zero attached hydrogens (tertiary/aromatic N) is 3. The largest absolute Gasteiger partial charge is 0.598 e. The summed E-state index contributed by atoms with van der Waals surface area (Å²) in [6, 6.07) is 7.75. The summed E-state index contributed by atoms with van der Waals surface area (Å²) < 4.78 is 24.2. The fourth-order valence-electron chi connectivity index (χ4n) is 4.17. The molecule has 0 saturated carbocycles. The standard InChI is InChI=1S/C21H28BrN5O3S/c1-20(2,3)31(29)25-16-13-7-5-6-8-14(13)30-21(16)9-11-27(12-10-21)19-24-17(23)15(22)18(28)26(19)4/h5-8,16,25H,9-12,23H2,1-4H3/t16-,31?/m1/s1. The van der Waals surface area contributed by atoms with E-state index in [4.69, 9.17) is 10.5 Å². The van der Waals surface area contributed by atoms with Gasteiger partial charge < -0.3 is 19.9 Å². The summed E-state index contributed by atoms with van der Waals surface area (Å²) in [7, 11) is 1.69. The summed E-state index contributed by atoms with van der Waals surface area (Å²) in [5.74, 6) is 1.56. The molecule has 1 unspecified atom stereocenters. The molecule has 0 radical (unpaired) electrons. The van der Waals surface area contributed by atoms with E-state index in [0.29, 0.717) is 31.9 Å². The second-order valence-electron chi connectivity index (χ2n) is 9.10. The fourth-order valence-corrected chi connectivity index (χ4v) is 5.43. The van der Waals surface area contributed by atoms with Gasteiger partial charge in [-0.2, -0.15) is 4.98 Å². The lowest BCUT2D eigenvalue weighted by atomic mass is 9.83. The first-order valence-electron chi connectivity index (χ1n) is 10.3. The number of halogens is 1. The quantitative estimate of drug-likeness (QED) is 0.612. The molecule has 1 fully saturated rings. The first-order valence-corrected chi connectivity index (χ1v) is 12.2. The maximum Gasteiger partial charge on any atom is 0.271 e. The number of piperidine rings is 1. The SMILES string of the molecule is Cn1c(N2CCC3(CC2)Oc2ccccc2[C@H]3N[S+]([O-])C(C)(C)C)nc(N)c(Br)c1=O. The molecular weight excluding hydrogens is 482 g/mol. The predicted molar refractivity (Wildman–Crippen MR) is 127 cm³/mol. The van der Waals surface area contributed by atoms with Crippen LogP contribution in [0.15, 0.2) is 33.5 Å². The Kier molecular flexibility index (Phi) is 5.78. The Hall–Kier alpha value is -1.75. The summed E-state index contributed by atoms with van der Waals surface area (Å²) in [6.45, 7) is 7.14. The van der Waals surface area contributed by atoms with Gasteiger partial charge in [-0.05, 0) is 42.8 Å². The smallest absolute Gasteiger partial charge is 0.271 e. The highest BCUT2D eigenvalue weighted by atomic mass is 79.9. The van der Waals surface area contributed by atoms with Crippen LogP contribution in [-0.2, 0) is 18.4 Å². The molecule has 4 rings (SSSR count). The number of ether oxygens (including phenoxy) is 1. The normalized spacial score (nSPS) is 21.1. The third-order valence-electron chi connectivity index (χ3n) is 5.98. The second kappa shape index (κ2) is 7.99. The van der Waals surface area contributed by atoms with Crippen LogP contribution in [0.3, 0.4) is 0 Å². The van der Waals surface area contributed by atoms with E-state index in [0.717, 1.165) is 11.3 Å². The van der Waals surface area contributed by atoms with Gasteiger partial charge in [-0.25, -0.2) is 0 Å². The predicted octanol–water partition coefficient (Wildman–Crippen LogP) is 2.65. The summed E-state index contributed by atoms with van der Waals surface area (Å²) >= 11 is 1.96. The number of para-hydroxylation sites is 1. The third kappa shape index (κ3) is 3.94. The molecule has 2 aromatic rings. The van der Waals surface area contributed by atoms with Gasteiger partial charge in [0.2, 0.25) is 5.95 Å². The van der Waals surface area contributed by atoms with Gasteiger partial charge in [-0.15, -0.1) is 4.72 Å². The Balaban J connectivity index is 1.61. The zero-order valence-electron chi connectivity index (χ0n) is 18.1. The van der Waals surface area contributed by atoms with Crippen LogP contribution in [0.4, 0.5) is 11.8 Å². The molecule has 0 bridgehead atoms. The molecule has 3 N–H and O–H groups in total. The van der Waals surface area contributed by atoms with Gasteiger partial charge in [-0.3, -0.25) is 9.36 Å². The van der Waals surface area contributed by atoms with Crippen molar-refractivity contribution in [2.75, 3.05) is 23.7 Å². The van der Waals surface area contributed by atoms with Gasteiger partial charge in [0.25, 0.3) is 5.56 Å². The van der Waals surface area contributed by atoms with Crippen molar-refractivity contribution >= 4 is 39.1 Å². The fraction of sp³-hybridized carbons (Fsp3) is 0.524. The molecule has 1 aromatic carbocycles. The first kappa shape index (κ1) is 22.4. The number of nitrogen functional groups attached to an aromatic ring is 1. The molecule has 31 heavy (non-hydrogen) atoms. The molecular formula is C21H28BrN5O3S. The molecule has 1 aromatic heterocycles. The van der Waals surface area contributed by atoms with Gasteiger partial charge in [0.15, 0.2) is 0 Å². The number of nitrogens with two attached hydrogens (primary N) is 1. The van der Waals surface area contributed by atoms with Gasteiger partial charge in [0, 0.05) is 49.9 Å². The van der Waals surface area contributed by atoms with Crippen molar-refractivity contribution < 1.29 is 9.29 Å². The molecule has 8 nitrogen and oxygen atoms in total. The molecule has 168 valence electrons. The van der Waals surface area contributed by atoms with Crippen molar-refractivity contribution in [2.45, 2.75) is 50.0 Å². The molecule has 1 spiro atoms. The number of fused-ring (bicyclic) bond motifs is 1. The summed E-state index contributed by atoms with van der Waals surface area (Å²) in [4.78, 5) is 18.9. The molecule has 2 aliphatic rings. The Labute approximate surface area is 193 Å². The lowest BCUT2D eigenvalue weighted by molar-refractivity contribution is 0.0376. The zero-order chi connectivity index (χ0) is 22.6. The van der Waals surface area contributed by atoms with Crippen LogP contribution in [0.2, 0.25) is 0 Å². The average Bonchev–Trinajstić information content (AvgIpc) is 3.02. The van der Waals surface area contributed by atoms with E-state index in [1.807, 2.05) is 45.0 Å². The monoisotopic (exact) mass is 509 g/mol. The number of rotatable bonds is 3. The van der Waals surface area contributed by atoms with Gasteiger partial charge in [-0.1, -0.05) is 18.2 Å². The Bertz CT molecular complexity index is 1050. The number of benzene rings is 1. The molecule has 0 aliphatic carbocycles. The minimum atomic E-state index is -1.24. The van der Waals surface area contributed by atoms with Gasteiger partial charge in [0.1, 0.15) is 32.4 Å². The van der Waals surface area contributed by atoms with E-state index in [1.54, 1.807) is 7.05 Å². The maximum atomic E-state index is 13.0. The highest BCUT2D eigenvalue weighted by Gasteiger charge is 2.53. The van der Waals surface area contributed by atoms with Crippen molar-refractivity contribution in [3.8, 4) is 5.75 Å². The number of nitrogens with one attached hydrogen (secondary N) is 1. The number of hydrogen-bond acceptors (Lipinski definition) is 7. The Morgan fingerprint density at radius 3 is 2.61 bits per heavy atom. The van der Waals surface area contributed by atoms with E-state index < -0.39 is 21.7 Å². The second-order valence-corrected chi connectivity index (χ2v) is 11.9. The zero-order valence-corrected chi connectivity index (χ0v) is 20.5. The Morgan fingerprint density at radius 2 is 1.97 bits per heavy atom. The lowest BCUT2D eigenvalue weighted by Gasteiger charge is -2.43. The van der Waals surface area contributed by atoms with Crippen LogP contribution in [-0.4, -0.2) is 37.5 Å². The number of anilines is 2. The van der Waals surface area contributed by atoms with E-state index >= 15 is 0 Å². The lowest BCUT2D eigenvalue weighted by Crippen LogP contribution is -2.55. The molecule has 2 atom stereocenters. The van der Waals surface area contributed by atoms with Crippen molar-refractivity contribution in [1.82, 2.24) is 14.3 Å². The first-order chi connectivity index (χ1) is 14.5. The molecule has 3 heterocycles. The van der Waals surface area contributed by atoms with Crippen LogP contribution in [0.1, 0.15) is 45.2 Å². The molecule has 1 saturated heterocycles. The highest BCUT2D eigenvalue weighted by Crippen LogP contribution is 2.49. The van der Waals surface area contributed by atoms with Crippen LogP contribution in [0, 0.1) is 0 Å². The van der Waals surface area contributed by atoms with Crippen LogP contribution >= 0.6 is 15.9 Å². The third-order valence-corrected chi connectivity index (χ3v) is 8.29. The summed E-state index contributed by atoms with van der Waals surface area (Å²) in [6.07, 6.45) is 1.37. The topological polar surface area (TPSA) is 108 Å². The van der Waals surface area contributed by atoms with Crippen molar-refractivity contribution in [3.63, 3.8) is 0 Å². The average molecular weight is 510 g/mol. The highest BCUT2D eigenvalue weighted by molar-refractivity contribution is 9.10. The van der Waals surface area contributed by atoms with Gasteiger partial charge in [0.05, 0.1) is 0 Å². The van der Waals surface area contributed by atoms with Crippen LogP contribution in [0.5, 0.6) is 5.75 Å². The summed E-state index contributed by atoms with van der Waals surface area (Å²) in [5.41, 5.74) is 6.23. The molecule has 2 aliphatic heterocycles. The van der Waals surface area contributed by atoms with Crippen molar-refractivity contribution in [1.29, 1.82) is 0 Å². The maximum absolute atomic E-state index is 13.0. The van der Waals surface area contributed by atoms with E-state index in [-0.39, 0.29) is 21.9 Å². The van der Waals surface area contributed by atoms with Crippen molar-refractivity contribution in [2.24, 2.45) is 7.05 Å². The van der Waals surface area contributed by atoms with Crippen LogP contribution < -0.4 is 25.7 Å². The van der Waals surface area contributed by atoms with E-state index in [9.17, 15) is 9.35 Å². The van der Waals surface area contributed by atoms with E-state index in [1.165, 1.54) is 4.57 Å². The molecule has 0 amide bonds. The minimum Gasteiger partial charge on any atom is -0.598 e. The Morgan fingerprint density at radius 1 is 1.32 bits per heavy atom. The van der Waals surface area contributed by atoms with Gasteiger partial charge >= 0.3 is 0 Å². The minimum absolute atomic E-state index is 0.183. The number of hydrogen-bond donors (Lipinski definition) is 2. The van der Waals surface area contributed by atoms with Crippen molar-refractivity contribution in [3.05, 3.63) is 44.7 Å². The van der Waals surface area contributed by atoms with E-state index in [2.05, 4.69) is 30.5 Å². The summed E-state index contributed by atoms with van der Waals surface area (Å²) in [5, 5.41) is 0. The van der Waals surface area contributed by atoms with Crippen LogP contribution in [0.25, 0.3) is 0 Å². The number of aromatic nitrogens is 2.